The van der Waals surface area contributed by atoms with E-state index in [1.54, 1.807) is 31.2 Å². The Balaban J connectivity index is 1.53. The highest BCUT2D eigenvalue weighted by Crippen LogP contribution is 2.36. The molecule has 34 heavy (non-hydrogen) atoms. The van der Waals surface area contributed by atoms with Crippen LogP contribution in [0.25, 0.3) is 21.3 Å². The van der Waals surface area contributed by atoms with Crippen LogP contribution in [0.15, 0.2) is 54.9 Å². The van der Waals surface area contributed by atoms with Gasteiger partial charge in [-0.15, -0.1) is 11.3 Å². The molecule has 2 heterocycles. The number of fused-ring (bicyclic) bond motifs is 1. The third-order valence-corrected chi connectivity index (χ3v) is 6.13. The van der Waals surface area contributed by atoms with Crippen molar-refractivity contribution in [1.82, 2.24) is 9.97 Å². The molecule has 0 radical (unpaired) electrons. The SMILES string of the molecule is CCOc1cc(-c2cc(NCCc3c(OC(F)F)ccc4ccccc34)ncn2)sc1C(=O)O. The number of halogens is 2. The molecule has 4 aromatic rings. The molecule has 0 fully saturated rings. The van der Waals surface area contributed by atoms with Gasteiger partial charge in [-0.05, 0) is 30.2 Å². The van der Waals surface area contributed by atoms with Crippen LogP contribution in [0.2, 0.25) is 0 Å². The molecule has 0 aliphatic carbocycles. The number of carboxylic acids is 1. The van der Waals surface area contributed by atoms with E-state index in [9.17, 15) is 18.7 Å². The topological polar surface area (TPSA) is 93.6 Å². The summed E-state index contributed by atoms with van der Waals surface area (Å²) >= 11 is 1.07. The second-order valence-electron chi connectivity index (χ2n) is 7.15. The predicted molar refractivity (Wildman–Crippen MR) is 126 cm³/mol. The Hall–Kier alpha value is -3.79. The molecule has 0 aliphatic rings. The molecular weight excluding hydrogens is 464 g/mol. The summed E-state index contributed by atoms with van der Waals surface area (Å²) in [5.74, 6) is -0.110. The van der Waals surface area contributed by atoms with E-state index in [1.807, 2.05) is 24.3 Å². The van der Waals surface area contributed by atoms with Gasteiger partial charge in [0.15, 0.2) is 4.88 Å². The van der Waals surface area contributed by atoms with Crippen molar-refractivity contribution in [2.24, 2.45) is 0 Å². The number of carbonyl (C=O) groups is 1. The zero-order valence-electron chi connectivity index (χ0n) is 18.1. The molecule has 176 valence electrons. The number of nitrogens with one attached hydrogen (secondary N) is 1. The van der Waals surface area contributed by atoms with Gasteiger partial charge >= 0.3 is 12.6 Å². The average Bonchev–Trinajstić information content (AvgIpc) is 3.25. The number of carboxylic acid groups (broad SMARTS) is 1. The molecular formula is C24H21F2N3O4S. The van der Waals surface area contributed by atoms with Gasteiger partial charge in [-0.3, -0.25) is 0 Å². The van der Waals surface area contributed by atoms with E-state index in [1.165, 1.54) is 6.33 Å². The second kappa shape index (κ2) is 10.4. The minimum atomic E-state index is -2.92. The van der Waals surface area contributed by atoms with Crippen molar-refractivity contribution in [2.75, 3.05) is 18.5 Å². The number of nitrogens with zero attached hydrogens (tertiary/aromatic N) is 2. The molecule has 0 bridgehead atoms. The highest BCUT2D eigenvalue weighted by atomic mass is 32.1. The van der Waals surface area contributed by atoms with Gasteiger partial charge in [0.2, 0.25) is 0 Å². The number of rotatable bonds is 10. The summed E-state index contributed by atoms with van der Waals surface area (Å²) in [6, 6.07) is 14.2. The van der Waals surface area contributed by atoms with Crippen LogP contribution in [0, 0.1) is 0 Å². The third kappa shape index (κ3) is 5.23. The first-order chi connectivity index (χ1) is 16.5. The van der Waals surface area contributed by atoms with E-state index >= 15 is 0 Å². The number of ether oxygens (including phenoxy) is 2. The number of hydrogen-bond acceptors (Lipinski definition) is 7. The lowest BCUT2D eigenvalue weighted by atomic mass is 10.0. The van der Waals surface area contributed by atoms with Gasteiger partial charge in [-0.1, -0.05) is 30.3 Å². The molecule has 2 aromatic heterocycles. The number of alkyl halides is 2. The van der Waals surface area contributed by atoms with Crippen LogP contribution in [0.5, 0.6) is 11.5 Å². The van der Waals surface area contributed by atoms with Crippen LogP contribution in [0.4, 0.5) is 14.6 Å². The van der Waals surface area contributed by atoms with E-state index in [0.717, 1.165) is 22.1 Å². The standard InChI is InChI=1S/C24H21F2N3O4S/c1-2-32-19-12-20(34-22(19)23(30)31)17-11-21(29-13-28-17)27-10-9-16-15-6-4-3-5-14(15)7-8-18(16)33-24(25)26/h3-8,11-13,24H,2,9-10H2,1H3,(H,30,31)(H,27,28,29). The zero-order valence-corrected chi connectivity index (χ0v) is 18.9. The monoisotopic (exact) mass is 485 g/mol. The molecule has 0 unspecified atom stereocenters. The summed E-state index contributed by atoms with van der Waals surface area (Å²) in [6.45, 7) is -0.388. The Morgan fingerprint density at radius 2 is 1.97 bits per heavy atom. The molecule has 0 atom stereocenters. The van der Waals surface area contributed by atoms with Crippen molar-refractivity contribution in [1.29, 1.82) is 0 Å². The fourth-order valence-electron chi connectivity index (χ4n) is 3.60. The lowest BCUT2D eigenvalue weighted by Gasteiger charge is -2.14. The third-order valence-electron chi connectivity index (χ3n) is 5.01. The Labute approximate surface area is 198 Å². The van der Waals surface area contributed by atoms with Crippen molar-refractivity contribution in [3.8, 4) is 22.1 Å². The number of anilines is 1. The van der Waals surface area contributed by atoms with E-state index in [2.05, 4.69) is 15.3 Å². The summed E-state index contributed by atoms with van der Waals surface area (Å²) < 4.78 is 36.0. The molecule has 0 amide bonds. The fourth-order valence-corrected chi connectivity index (χ4v) is 4.50. The van der Waals surface area contributed by atoms with E-state index in [-0.39, 0.29) is 10.6 Å². The Kier molecular flexibility index (Phi) is 7.17. The molecule has 7 nitrogen and oxygen atoms in total. The van der Waals surface area contributed by atoms with Gasteiger partial charge < -0.3 is 19.9 Å². The smallest absolute Gasteiger partial charge is 0.387 e. The average molecular weight is 486 g/mol. The quantitative estimate of drug-likeness (QED) is 0.297. The van der Waals surface area contributed by atoms with Gasteiger partial charge in [0.1, 0.15) is 23.6 Å². The summed E-state index contributed by atoms with van der Waals surface area (Å²) in [5, 5.41) is 14.4. The van der Waals surface area contributed by atoms with Crippen LogP contribution < -0.4 is 14.8 Å². The largest absolute Gasteiger partial charge is 0.492 e. The summed E-state index contributed by atoms with van der Waals surface area (Å²) in [5.41, 5.74) is 1.22. The van der Waals surface area contributed by atoms with E-state index < -0.39 is 12.6 Å². The van der Waals surface area contributed by atoms with Crippen molar-refractivity contribution < 1.29 is 28.2 Å². The van der Waals surface area contributed by atoms with Crippen molar-refractivity contribution in [2.45, 2.75) is 20.0 Å². The number of aromatic carboxylic acids is 1. The van der Waals surface area contributed by atoms with Gasteiger partial charge in [0.05, 0.1) is 17.2 Å². The second-order valence-corrected chi connectivity index (χ2v) is 8.20. The highest BCUT2D eigenvalue weighted by Gasteiger charge is 2.18. The molecule has 10 heteroatoms. The lowest BCUT2D eigenvalue weighted by Crippen LogP contribution is -2.10. The van der Waals surface area contributed by atoms with Crippen LogP contribution in [-0.2, 0) is 6.42 Å². The normalized spacial score (nSPS) is 11.1. The molecule has 0 saturated heterocycles. The number of hydrogen-bond donors (Lipinski definition) is 2. The summed E-state index contributed by atoms with van der Waals surface area (Å²) in [4.78, 5) is 20.7. The van der Waals surface area contributed by atoms with E-state index in [0.29, 0.717) is 47.3 Å². The van der Waals surface area contributed by atoms with Crippen molar-refractivity contribution in [3.05, 3.63) is 65.3 Å². The molecule has 2 N–H and O–H groups in total. The van der Waals surface area contributed by atoms with Crippen molar-refractivity contribution >= 4 is 33.9 Å². The molecule has 2 aromatic carbocycles. The van der Waals surface area contributed by atoms with Gasteiger partial charge in [0, 0.05) is 24.2 Å². The number of aromatic nitrogens is 2. The van der Waals surface area contributed by atoms with Crippen LogP contribution >= 0.6 is 11.3 Å². The van der Waals surface area contributed by atoms with Crippen LogP contribution in [0.3, 0.4) is 0 Å². The van der Waals surface area contributed by atoms with Gasteiger partial charge in [-0.25, -0.2) is 14.8 Å². The predicted octanol–water partition coefficient (Wildman–Crippen LogP) is 5.71. The number of benzene rings is 2. The summed E-state index contributed by atoms with van der Waals surface area (Å²) in [7, 11) is 0. The Bertz CT molecular complexity index is 1310. The van der Waals surface area contributed by atoms with Gasteiger partial charge in [0.25, 0.3) is 0 Å². The minimum absolute atomic E-state index is 0.104. The fraction of sp³-hybridized carbons (Fsp3) is 0.208. The Morgan fingerprint density at radius 1 is 1.15 bits per heavy atom. The maximum absolute atomic E-state index is 12.9. The maximum Gasteiger partial charge on any atom is 0.387 e. The van der Waals surface area contributed by atoms with Gasteiger partial charge in [-0.2, -0.15) is 8.78 Å². The molecule has 4 rings (SSSR count). The molecule has 0 spiro atoms. The number of thiophene rings is 1. The zero-order chi connectivity index (χ0) is 24.1. The maximum atomic E-state index is 12.9. The first-order valence-corrected chi connectivity index (χ1v) is 11.3. The van der Waals surface area contributed by atoms with Crippen LogP contribution in [-0.4, -0.2) is 40.8 Å². The first-order valence-electron chi connectivity index (χ1n) is 10.5. The van der Waals surface area contributed by atoms with Crippen LogP contribution in [0.1, 0.15) is 22.2 Å². The minimum Gasteiger partial charge on any atom is -0.492 e. The molecule has 0 saturated carbocycles. The molecule has 0 aliphatic heterocycles. The highest BCUT2D eigenvalue weighted by molar-refractivity contribution is 7.17. The Morgan fingerprint density at radius 3 is 2.74 bits per heavy atom. The van der Waals surface area contributed by atoms with E-state index in [4.69, 9.17) is 9.47 Å². The summed E-state index contributed by atoms with van der Waals surface area (Å²) in [6.07, 6.45) is 1.79. The van der Waals surface area contributed by atoms with Crippen molar-refractivity contribution in [3.63, 3.8) is 0 Å². The first kappa shape index (κ1) is 23.4. The lowest BCUT2D eigenvalue weighted by molar-refractivity contribution is -0.0503.